The highest BCUT2D eigenvalue weighted by Gasteiger charge is 2.37. The van der Waals surface area contributed by atoms with Gasteiger partial charge < -0.3 is 4.90 Å². The van der Waals surface area contributed by atoms with Crippen LogP contribution in [-0.4, -0.2) is 42.0 Å². The first kappa shape index (κ1) is 11.5. The highest BCUT2D eigenvalue weighted by Crippen LogP contribution is 2.31. The Morgan fingerprint density at radius 2 is 1.72 bits per heavy atom. The Bertz CT molecular complexity index is 446. The molecule has 2 aliphatic heterocycles. The molecule has 0 aliphatic carbocycles. The van der Waals surface area contributed by atoms with Crippen LogP contribution < -0.4 is 4.90 Å². The van der Waals surface area contributed by atoms with Gasteiger partial charge in [0.15, 0.2) is 0 Å². The maximum absolute atomic E-state index is 10.6. The van der Waals surface area contributed by atoms with E-state index in [-0.39, 0.29) is 10.6 Å². The van der Waals surface area contributed by atoms with Gasteiger partial charge in [0.1, 0.15) is 0 Å². The number of fused-ring (bicyclic) bond motifs is 2. The van der Waals surface area contributed by atoms with Gasteiger partial charge in [0.25, 0.3) is 5.69 Å². The zero-order valence-corrected chi connectivity index (χ0v) is 10.5. The molecule has 0 amide bonds. The third kappa shape index (κ3) is 1.84. The molecule has 2 heterocycles. The fraction of sp³-hybridized carbons (Fsp3) is 0.538. The second kappa shape index (κ2) is 4.24. The van der Waals surface area contributed by atoms with Crippen molar-refractivity contribution in [3.63, 3.8) is 0 Å². The fourth-order valence-corrected chi connectivity index (χ4v) is 3.11. The minimum absolute atomic E-state index is 0.163. The van der Waals surface area contributed by atoms with Crippen LogP contribution in [0.2, 0.25) is 0 Å². The molecular formula is C13H17N3O2. The van der Waals surface area contributed by atoms with Crippen molar-refractivity contribution in [3.8, 4) is 0 Å². The van der Waals surface area contributed by atoms with Crippen LogP contribution in [0.3, 0.4) is 0 Å². The van der Waals surface area contributed by atoms with Gasteiger partial charge in [0.05, 0.1) is 4.92 Å². The predicted molar refractivity (Wildman–Crippen MR) is 69.9 cm³/mol. The van der Waals surface area contributed by atoms with Gasteiger partial charge in [-0.3, -0.25) is 15.0 Å². The Morgan fingerprint density at radius 1 is 1.17 bits per heavy atom. The van der Waals surface area contributed by atoms with Crippen LogP contribution in [-0.2, 0) is 0 Å². The third-order valence-corrected chi connectivity index (χ3v) is 4.27. The first-order valence-corrected chi connectivity index (χ1v) is 6.36. The summed E-state index contributed by atoms with van der Waals surface area (Å²) in [6.45, 7) is 2.07. The van der Waals surface area contributed by atoms with E-state index in [9.17, 15) is 10.1 Å². The van der Waals surface area contributed by atoms with Gasteiger partial charge in [-0.25, -0.2) is 0 Å². The highest BCUT2D eigenvalue weighted by atomic mass is 16.6. The second-order valence-electron chi connectivity index (χ2n) is 5.23. The van der Waals surface area contributed by atoms with Gasteiger partial charge in [0, 0.05) is 43.0 Å². The first-order valence-electron chi connectivity index (χ1n) is 6.36. The molecular weight excluding hydrogens is 230 g/mol. The van der Waals surface area contributed by atoms with E-state index in [2.05, 4.69) is 16.8 Å². The van der Waals surface area contributed by atoms with E-state index < -0.39 is 0 Å². The van der Waals surface area contributed by atoms with Gasteiger partial charge >= 0.3 is 0 Å². The Balaban J connectivity index is 1.78. The molecule has 96 valence electrons. The number of nitro benzene ring substituents is 1. The number of benzene rings is 1. The maximum Gasteiger partial charge on any atom is 0.269 e. The molecule has 0 N–H and O–H groups in total. The summed E-state index contributed by atoms with van der Waals surface area (Å²) in [7, 11) is 2.20. The SMILES string of the molecule is CN1C2CCC1CN(c1ccc([N+](=O)[O-])cc1)C2. The average Bonchev–Trinajstić information content (AvgIpc) is 2.62. The molecule has 5 nitrogen and oxygen atoms in total. The third-order valence-electron chi connectivity index (χ3n) is 4.27. The largest absolute Gasteiger partial charge is 0.368 e. The van der Waals surface area contributed by atoms with Crippen LogP contribution in [0, 0.1) is 10.1 Å². The van der Waals surface area contributed by atoms with Crippen molar-refractivity contribution < 1.29 is 4.92 Å². The lowest BCUT2D eigenvalue weighted by Gasteiger charge is -2.40. The first-order chi connectivity index (χ1) is 8.65. The Labute approximate surface area is 106 Å². The summed E-state index contributed by atoms with van der Waals surface area (Å²) >= 11 is 0. The molecule has 1 aromatic rings. The molecule has 2 unspecified atom stereocenters. The molecule has 1 aromatic carbocycles. The molecule has 0 spiro atoms. The number of hydrogen-bond donors (Lipinski definition) is 0. The van der Waals surface area contributed by atoms with Crippen LogP contribution in [0.5, 0.6) is 0 Å². The average molecular weight is 247 g/mol. The minimum atomic E-state index is -0.350. The van der Waals surface area contributed by atoms with Crippen LogP contribution >= 0.6 is 0 Å². The van der Waals surface area contributed by atoms with Crippen molar-refractivity contribution in [1.29, 1.82) is 0 Å². The molecule has 2 atom stereocenters. The van der Waals surface area contributed by atoms with E-state index in [1.165, 1.54) is 12.8 Å². The molecule has 18 heavy (non-hydrogen) atoms. The van der Waals surface area contributed by atoms with E-state index in [0.29, 0.717) is 12.1 Å². The Hall–Kier alpha value is -1.62. The Morgan fingerprint density at radius 3 is 2.22 bits per heavy atom. The topological polar surface area (TPSA) is 49.6 Å². The molecule has 2 bridgehead atoms. The molecule has 0 saturated carbocycles. The number of piperazine rings is 1. The summed E-state index contributed by atoms with van der Waals surface area (Å²) in [5.41, 5.74) is 1.27. The van der Waals surface area contributed by atoms with Crippen molar-refractivity contribution >= 4 is 11.4 Å². The van der Waals surface area contributed by atoms with E-state index in [4.69, 9.17) is 0 Å². The summed E-state index contributed by atoms with van der Waals surface area (Å²) in [6.07, 6.45) is 2.54. The lowest BCUT2D eigenvalue weighted by Crippen LogP contribution is -2.51. The summed E-state index contributed by atoms with van der Waals surface area (Å²) in [6, 6.07) is 8.19. The summed E-state index contributed by atoms with van der Waals surface area (Å²) in [5.74, 6) is 0. The number of nitro groups is 1. The lowest BCUT2D eigenvalue weighted by atomic mass is 10.1. The quantitative estimate of drug-likeness (QED) is 0.591. The molecule has 2 aliphatic rings. The zero-order valence-electron chi connectivity index (χ0n) is 10.5. The minimum Gasteiger partial charge on any atom is -0.368 e. The molecule has 0 radical (unpaired) electrons. The van der Waals surface area contributed by atoms with E-state index >= 15 is 0 Å². The monoisotopic (exact) mass is 247 g/mol. The van der Waals surface area contributed by atoms with Crippen LogP contribution in [0.1, 0.15) is 12.8 Å². The standard InChI is InChI=1S/C13H17N3O2/c1-14-12-6-7-13(14)9-15(8-12)10-2-4-11(5-3-10)16(17)18/h2-5,12-13H,6-9H2,1H3. The van der Waals surface area contributed by atoms with E-state index in [1.54, 1.807) is 12.1 Å². The Kier molecular flexibility index (Phi) is 2.70. The molecule has 2 fully saturated rings. The van der Waals surface area contributed by atoms with Crippen LogP contribution in [0.4, 0.5) is 11.4 Å². The second-order valence-corrected chi connectivity index (χ2v) is 5.23. The maximum atomic E-state index is 10.6. The normalized spacial score (nSPS) is 27.5. The molecule has 5 heteroatoms. The number of rotatable bonds is 2. The van der Waals surface area contributed by atoms with Gasteiger partial charge in [0.2, 0.25) is 0 Å². The number of hydrogen-bond acceptors (Lipinski definition) is 4. The zero-order chi connectivity index (χ0) is 12.7. The van der Waals surface area contributed by atoms with Crippen LogP contribution in [0.15, 0.2) is 24.3 Å². The van der Waals surface area contributed by atoms with Crippen molar-refractivity contribution in [2.45, 2.75) is 24.9 Å². The predicted octanol–water partition coefficient (Wildman–Crippen LogP) is 1.88. The highest BCUT2D eigenvalue weighted by molar-refractivity contribution is 5.51. The van der Waals surface area contributed by atoms with Crippen molar-refractivity contribution in [2.24, 2.45) is 0 Å². The van der Waals surface area contributed by atoms with Gasteiger partial charge in [-0.05, 0) is 32.0 Å². The van der Waals surface area contributed by atoms with Gasteiger partial charge in [-0.2, -0.15) is 0 Å². The van der Waals surface area contributed by atoms with Crippen molar-refractivity contribution in [2.75, 3.05) is 25.0 Å². The summed E-state index contributed by atoms with van der Waals surface area (Å²) in [4.78, 5) is 15.1. The molecule has 2 saturated heterocycles. The number of nitrogens with zero attached hydrogens (tertiary/aromatic N) is 3. The lowest BCUT2D eigenvalue weighted by molar-refractivity contribution is -0.384. The number of non-ortho nitro benzene ring substituents is 1. The molecule has 0 aromatic heterocycles. The van der Waals surface area contributed by atoms with Crippen LogP contribution in [0.25, 0.3) is 0 Å². The van der Waals surface area contributed by atoms with Crippen molar-refractivity contribution in [3.05, 3.63) is 34.4 Å². The fourth-order valence-electron chi connectivity index (χ4n) is 3.11. The summed E-state index contributed by atoms with van der Waals surface area (Å²) < 4.78 is 0. The van der Waals surface area contributed by atoms with E-state index in [1.807, 2.05) is 12.1 Å². The summed E-state index contributed by atoms with van der Waals surface area (Å²) in [5, 5.41) is 10.6. The van der Waals surface area contributed by atoms with E-state index in [0.717, 1.165) is 18.8 Å². The number of anilines is 1. The smallest absolute Gasteiger partial charge is 0.269 e. The van der Waals surface area contributed by atoms with Gasteiger partial charge in [-0.15, -0.1) is 0 Å². The number of likely N-dealkylation sites (N-methyl/N-ethyl adjacent to an activating group) is 1. The van der Waals surface area contributed by atoms with Gasteiger partial charge in [-0.1, -0.05) is 0 Å². The molecule has 3 rings (SSSR count). The van der Waals surface area contributed by atoms with Crippen molar-refractivity contribution in [1.82, 2.24) is 4.90 Å².